The van der Waals surface area contributed by atoms with Gasteiger partial charge in [0.2, 0.25) is 0 Å². The monoisotopic (exact) mass is 275 g/mol. The molecule has 2 N–H and O–H groups in total. The molecule has 0 atom stereocenters. The third kappa shape index (κ3) is 3.58. The number of nitrogens with one attached hydrogen (secondary N) is 1. The number of anilines is 1. The average Bonchev–Trinajstić information content (AvgIpc) is 2.85. The van der Waals surface area contributed by atoms with Crippen LogP contribution in [-0.2, 0) is 6.54 Å². The molecule has 100 valence electrons. The summed E-state index contributed by atoms with van der Waals surface area (Å²) >= 11 is 1.46. The lowest BCUT2D eigenvalue weighted by molar-refractivity contribution is 0.0697. The lowest BCUT2D eigenvalue weighted by Crippen LogP contribution is -1.99. The Morgan fingerprint density at radius 1 is 1.37 bits per heavy atom. The van der Waals surface area contributed by atoms with E-state index in [1.54, 1.807) is 11.4 Å². The number of aromatic carboxylic acids is 1. The van der Waals surface area contributed by atoms with Gasteiger partial charge < -0.3 is 10.4 Å². The second-order valence-corrected chi connectivity index (χ2v) is 5.74. The Morgan fingerprint density at radius 2 is 2.16 bits per heavy atom. The predicted octanol–water partition coefficient (Wildman–Crippen LogP) is 4.18. The first-order valence-electron chi connectivity index (χ1n) is 6.21. The molecule has 0 radical (unpaired) electrons. The van der Waals surface area contributed by atoms with Gasteiger partial charge in [-0.25, -0.2) is 4.79 Å². The summed E-state index contributed by atoms with van der Waals surface area (Å²) in [5.41, 5.74) is 2.72. The molecule has 0 saturated carbocycles. The largest absolute Gasteiger partial charge is 0.478 e. The summed E-state index contributed by atoms with van der Waals surface area (Å²) in [7, 11) is 0. The second kappa shape index (κ2) is 5.89. The first kappa shape index (κ1) is 13.6. The van der Waals surface area contributed by atoms with E-state index in [0.717, 1.165) is 10.6 Å². The highest BCUT2D eigenvalue weighted by atomic mass is 32.1. The molecule has 4 heteroatoms. The van der Waals surface area contributed by atoms with E-state index in [1.165, 1.54) is 16.9 Å². The van der Waals surface area contributed by atoms with Gasteiger partial charge in [0.15, 0.2) is 0 Å². The van der Waals surface area contributed by atoms with Crippen molar-refractivity contribution in [1.82, 2.24) is 0 Å². The minimum atomic E-state index is -0.871. The van der Waals surface area contributed by atoms with Crippen molar-refractivity contribution >= 4 is 23.0 Å². The molecule has 0 unspecified atom stereocenters. The van der Waals surface area contributed by atoms with Crippen molar-refractivity contribution in [2.24, 2.45) is 0 Å². The Morgan fingerprint density at radius 3 is 2.79 bits per heavy atom. The molecule has 2 aromatic rings. The maximum Gasteiger partial charge on any atom is 0.336 e. The van der Waals surface area contributed by atoms with Crippen molar-refractivity contribution in [2.45, 2.75) is 26.3 Å². The molecule has 1 aromatic heterocycles. The van der Waals surface area contributed by atoms with Crippen molar-refractivity contribution in [2.75, 3.05) is 5.32 Å². The van der Waals surface area contributed by atoms with Crippen molar-refractivity contribution in [3.63, 3.8) is 0 Å². The number of carboxylic acid groups (broad SMARTS) is 1. The molecule has 0 spiro atoms. The van der Waals surface area contributed by atoms with E-state index < -0.39 is 5.97 Å². The zero-order valence-electron chi connectivity index (χ0n) is 11.0. The van der Waals surface area contributed by atoms with E-state index in [2.05, 4.69) is 31.3 Å². The van der Waals surface area contributed by atoms with Gasteiger partial charge in [-0.05, 0) is 29.7 Å². The molecular formula is C15H17NO2S. The highest BCUT2D eigenvalue weighted by Gasteiger charge is 2.06. The fraction of sp³-hybridized carbons (Fsp3) is 0.267. The fourth-order valence-electron chi connectivity index (χ4n) is 1.78. The smallest absolute Gasteiger partial charge is 0.336 e. The van der Waals surface area contributed by atoms with Crippen LogP contribution in [0.2, 0.25) is 0 Å². The van der Waals surface area contributed by atoms with Crippen LogP contribution in [0.5, 0.6) is 0 Å². The summed E-state index contributed by atoms with van der Waals surface area (Å²) in [6, 6.07) is 10.0. The van der Waals surface area contributed by atoms with Crippen LogP contribution in [0.15, 0.2) is 35.7 Å². The SMILES string of the molecule is CC(C)c1cccc(NCc2cc(C(=O)O)cs2)c1. The molecule has 19 heavy (non-hydrogen) atoms. The van der Waals surface area contributed by atoms with Crippen LogP contribution in [-0.4, -0.2) is 11.1 Å². The van der Waals surface area contributed by atoms with Gasteiger partial charge in [-0.3, -0.25) is 0 Å². The van der Waals surface area contributed by atoms with Crippen LogP contribution < -0.4 is 5.32 Å². The van der Waals surface area contributed by atoms with Gasteiger partial charge in [0, 0.05) is 22.5 Å². The van der Waals surface area contributed by atoms with E-state index in [9.17, 15) is 4.79 Å². The second-order valence-electron chi connectivity index (χ2n) is 4.74. The van der Waals surface area contributed by atoms with Crippen molar-refractivity contribution < 1.29 is 9.90 Å². The number of benzene rings is 1. The van der Waals surface area contributed by atoms with Crippen LogP contribution in [0.1, 0.15) is 40.6 Å². The van der Waals surface area contributed by atoms with Crippen LogP contribution >= 0.6 is 11.3 Å². The number of rotatable bonds is 5. The molecule has 0 aliphatic rings. The zero-order chi connectivity index (χ0) is 13.8. The summed E-state index contributed by atoms with van der Waals surface area (Å²) < 4.78 is 0. The third-order valence-electron chi connectivity index (χ3n) is 2.92. The average molecular weight is 275 g/mol. The van der Waals surface area contributed by atoms with E-state index in [1.807, 2.05) is 12.1 Å². The Hall–Kier alpha value is -1.81. The first-order chi connectivity index (χ1) is 9.06. The summed E-state index contributed by atoms with van der Waals surface area (Å²) in [5, 5.41) is 13.9. The van der Waals surface area contributed by atoms with Gasteiger partial charge in [-0.15, -0.1) is 11.3 Å². The number of hydrogen-bond acceptors (Lipinski definition) is 3. The molecule has 0 aliphatic heterocycles. The number of carboxylic acids is 1. The van der Waals surface area contributed by atoms with Crippen LogP contribution in [0.4, 0.5) is 5.69 Å². The highest BCUT2D eigenvalue weighted by molar-refractivity contribution is 7.10. The van der Waals surface area contributed by atoms with Gasteiger partial charge in [0.05, 0.1) is 5.56 Å². The number of carbonyl (C=O) groups is 1. The topological polar surface area (TPSA) is 49.3 Å². The van der Waals surface area contributed by atoms with Gasteiger partial charge in [-0.2, -0.15) is 0 Å². The maximum atomic E-state index is 10.8. The third-order valence-corrected chi connectivity index (χ3v) is 3.86. The summed E-state index contributed by atoms with van der Waals surface area (Å²) in [5.74, 6) is -0.369. The normalized spacial score (nSPS) is 10.7. The Bertz CT molecular complexity index is 575. The van der Waals surface area contributed by atoms with E-state index >= 15 is 0 Å². The Labute approximate surface area is 116 Å². The maximum absolute atomic E-state index is 10.8. The quantitative estimate of drug-likeness (QED) is 0.860. The summed E-state index contributed by atoms with van der Waals surface area (Å²) in [6.45, 7) is 4.98. The molecular weight excluding hydrogens is 258 g/mol. The van der Waals surface area contributed by atoms with Gasteiger partial charge in [0.1, 0.15) is 0 Å². The fourth-order valence-corrected chi connectivity index (χ4v) is 2.58. The molecule has 0 bridgehead atoms. The van der Waals surface area contributed by atoms with Crippen LogP contribution in [0.25, 0.3) is 0 Å². The number of thiophene rings is 1. The van der Waals surface area contributed by atoms with Crippen LogP contribution in [0.3, 0.4) is 0 Å². The Kier molecular flexibility index (Phi) is 4.22. The van der Waals surface area contributed by atoms with Gasteiger partial charge >= 0.3 is 5.97 Å². The van der Waals surface area contributed by atoms with Crippen molar-refractivity contribution in [1.29, 1.82) is 0 Å². The summed E-state index contributed by atoms with van der Waals surface area (Å²) in [6.07, 6.45) is 0. The first-order valence-corrected chi connectivity index (χ1v) is 7.09. The van der Waals surface area contributed by atoms with Crippen LogP contribution in [0, 0.1) is 0 Å². The minimum absolute atomic E-state index is 0.359. The molecule has 1 heterocycles. The predicted molar refractivity (Wildman–Crippen MR) is 79.1 cm³/mol. The lowest BCUT2D eigenvalue weighted by atomic mass is 10.0. The molecule has 2 rings (SSSR count). The number of hydrogen-bond donors (Lipinski definition) is 2. The van der Waals surface area contributed by atoms with Crippen molar-refractivity contribution in [3.05, 3.63) is 51.7 Å². The van der Waals surface area contributed by atoms with E-state index in [0.29, 0.717) is 18.0 Å². The summed E-state index contributed by atoms with van der Waals surface area (Å²) in [4.78, 5) is 11.8. The zero-order valence-corrected chi connectivity index (χ0v) is 11.8. The molecule has 1 aromatic carbocycles. The van der Waals surface area contributed by atoms with Crippen molar-refractivity contribution in [3.8, 4) is 0 Å². The molecule has 0 aliphatic carbocycles. The minimum Gasteiger partial charge on any atom is -0.478 e. The van der Waals surface area contributed by atoms with E-state index in [4.69, 9.17) is 5.11 Å². The molecule has 0 fully saturated rings. The molecule has 0 amide bonds. The van der Waals surface area contributed by atoms with Gasteiger partial charge in [0.25, 0.3) is 0 Å². The molecule has 3 nitrogen and oxygen atoms in total. The standard InChI is InChI=1S/C15H17NO2S/c1-10(2)11-4-3-5-13(6-11)16-8-14-7-12(9-19-14)15(17)18/h3-7,9-10,16H,8H2,1-2H3,(H,17,18). The lowest BCUT2D eigenvalue weighted by Gasteiger charge is -2.09. The van der Waals surface area contributed by atoms with Gasteiger partial charge in [-0.1, -0.05) is 26.0 Å². The molecule has 0 saturated heterocycles. The highest BCUT2D eigenvalue weighted by Crippen LogP contribution is 2.20. The Balaban J connectivity index is 2.01. The van der Waals surface area contributed by atoms with E-state index in [-0.39, 0.29) is 0 Å².